The molecular weight excluding hydrogens is 173 g/mol. The number of hydrogen-bond donors (Lipinski definition) is 1. The molecule has 0 bridgehead atoms. The van der Waals surface area contributed by atoms with Gasteiger partial charge in [-0.3, -0.25) is 4.79 Å². The lowest BCUT2D eigenvalue weighted by atomic mass is 9.66. The first-order chi connectivity index (χ1) is 6.21. The van der Waals surface area contributed by atoms with Crippen LogP contribution in [0.2, 0.25) is 0 Å². The number of hydrogen-bond acceptors (Lipinski definition) is 3. The minimum Gasteiger partial charge on any atom is -0.468 e. The lowest BCUT2D eigenvalue weighted by Crippen LogP contribution is -2.49. The molecule has 1 aliphatic carbocycles. The maximum absolute atomic E-state index is 12.8. The van der Waals surface area contributed by atoms with Crippen molar-refractivity contribution in [3.05, 3.63) is 0 Å². The van der Waals surface area contributed by atoms with Gasteiger partial charge in [-0.1, -0.05) is 6.42 Å². The van der Waals surface area contributed by atoms with Gasteiger partial charge < -0.3 is 10.5 Å². The predicted molar refractivity (Wildman–Crippen MR) is 46.8 cm³/mol. The number of carbonyl (C=O) groups excluding carboxylic acids is 1. The molecule has 4 heteroatoms. The number of nitrogens with two attached hydrogens (primary N) is 1. The Bertz CT molecular complexity index is 188. The zero-order chi connectivity index (χ0) is 9.90. The Balaban J connectivity index is 2.76. The minimum absolute atomic E-state index is 0.0425. The molecule has 1 fully saturated rings. The van der Waals surface area contributed by atoms with Gasteiger partial charge in [-0.05, 0) is 18.8 Å². The van der Waals surface area contributed by atoms with E-state index in [1.807, 2.05) is 0 Å². The molecule has 0 radical (unpaired) electrons. The first-order valence-corrected chi connectivity index (χ1v) is 4.55. The van der Waals surface area contributed by atoms with Crippen LogP contribution in [0, 0.1) is 11.3 Å². The molecule has 76 valence electrons. The van der Waals surface area contributed by atoms with Crippen LogP contribution < -0.4 is 5.73 Å². The second kappa shape index (κ2) is 4.05. The van der Waals surface area contributed by atoms with E-state index in [0.717, 1.165) is 19.3 Å². The Hall–Kier alpha value is -0.640. The Labute approximate surface area is 77.4 Å². The number of methoxy groups -OCH3 is 1. The summed E-state index contributed by atoms with van der Waals surface area (Å²) in [5, 5.41) is 0. The van der Waals surface area contributed by atoms with Crippen molar-refractivity contribution in [2.75, 3.05) is 20.3 Å². The third-order valence-electron chi connectivity index (χ3n) is 3.08. The first kappa shape index (κ1) is 10.4. The van der Waals surface area contributed by atoms with E-state index < -0.39 is 18.1 Å². The lowest BCUT2D eigenvalue weighted by Gasteiger charge is -2.40. The van der Waals surface area contributed by atoms with Gasteiger partial charge in [0.25, 0.3) is 0 Å². The van der Waals surface area contributed by atoms with Crippen molar-refractivity contribution in [3.8, 4) is 0 Å². The molecule has 0 spiro atoms. The second-order valence-corrected chi connectivity index (χ2v) is 3.61. The van der Waals surface area contributed by atoms with Crippen molar-refractivity contribution in [2.45, 2.75) is 19.3 Å². The number of halogens is 1. The molecule has 0 aliphatic heterocycles. The van der Waals surface area contributed by atoms with E-state index in [0.29, 0.717) is 0 Å². The normalized spacial score (nSPS) is 21.8. The fourth-order valence-corrected chi connectivity index (χ4v) is 1.80. The average Bonchev–Trinajstić information content (AvgIpc) is 2.09. The standard InChI is InChI=1S/C9H16FNO2/c1-13-8(12)9(5-10,6-11)7-3-2-4-7/h7H,2-6,11H2,1H3. The number of carbonyl (C=O) groups is 1. The van der Waals surface area contributed by atoms with Crippen LogP contribution in [0.1, 0.15) is 19.3 Å². The summed E-state index contributed by atoms with van der Waals surface area (Å²) >= 11 is 0. The fourth-order valence-electron chi connectivity index (χ4n) is 1.80. The molecule has 3 nitrogen and oxygen atoms in total. The minimum atomic E-state index is -1.06. The van der Waals surface area contributed by atoms with Gasteiger partial charge in [0.2, 0.25) is 0 Å². The van der Waals surface area contributed by atoms with Crippen LogP contribution >= 0.6 is 0 Å². The molecule has 2 N–H and O–H groups in total. The summed E-state index contributed by atoms with van der Waals surface area (Å²) in [6.07, 6.45) is 2.83. The highest BCUT2D eigenvalue weighted by Crippen LogP contribution is 2.42. The molecule has 0 heterocycles. The lowest BCUT2D eigenvalue weighted by molar-refractivity contribution is -0.159. The van der Waals surface area contributed by atoms with Gasteiger partial charge >= 0.3 is 5.97 Å². The number of esters is 1. The highest BCUT2D eigenvalue weighted by Gasteiger charge is 2.48. The number of ether oxygens (including phenoxy) is 1. The van der Waals surface area contributed by atoms with Gasteiger partial charge in [-0.15, -0.1) is 0 Å². The smallest absolute Gasteiger partial charge is 0.316 e. The third kappa shape index (κ3) is 1.55. The van der Waals surface area contributed by atoms with Gasteiger partial charge in [-0.2, -0.15) is 0 Å². The van der Waals surface area contributed by atoms with Crippen molar-refractivity contribution in [2.24, 2.45) is 17.1 Å². The topological polar surface area (TPSA) is 52.3 Å². The van der Waals surface area contributed by atoms with E-state index in [1.165, 1.54) is 7.11 Å². The Morgan fingerprint density at radius 1 is 1.69 bits per heavy atom. The van der Waals surface area contributed by atoms with Gasteiger partial charge in [-0.25, -0.2) is 4.39 Å². The molecule has 0 saturated heterocycles. The molecule has 0 aromatic carbocycles. The Morgan fingerprint density at radius 2 is 2.31 bits per heavy atom. The monoisotopic (exact) mass is 189 g/mol. The number of alkyl halides is 1. The Kier molecular flexibility index (Phi) is 3.25. The van der Waals surface area contributed by atoms with Crippen molar-refractivity contribution in [1.29, 1.82) is 0 Å². The SMILES string of the molecule is COC(=O)C(CN)(CF)C1CCC1. The van der Waals surface area contributed by atoms with Crippen molar-refractivity contribution in [1.82, 2.24) is 0 Å². The van der Waals surface area contributed by atoms with E-state index in [9.17, 15) is 9.18 Å². The van der Waals surface area contributed by atoms with Crippen LogP contribution in [-0.2, 0) is 9.53 Å². The van der Waals surface area contributed by atoms with Crippen LogP contribution in [0.5, 0.6) is 0 Å². The zero-order valence-electron chi connectivity index (χ0n) is 7.88. The molecule has 1 aliphatic rings. The average molecular weight is 189 g/mol. The molecule has 13 heavy (non-hydrogen) atoms. The van der Waals surface area contributed by atoms with Gasteiger partial charge in [0.05, 0.1) is 7.11 Å². The summed E-state index contributed by atoms with van der Waals surface area (Å²) < 4.78 is 17.4. The van der Waals surface area contributed by atoms with E-state index in [1.54, 1.807) is 0 Å². The van der Waals surface area contributed by atoms with Crippen LogP contribution in [0.25, 0.3) is 0 Å². The summed E-state index contributed by atoms with van der Waals surface area (Å²) in [6.45, 7) is -0.665. The fraction of sp³-hybridized carbons (Fsp3) is 0.889. The van der Waals surface area contributed by atoms with Crippen molar-refractivity contribution < 1.29 is 13.9 Å². The molecular formula is C9H16FNO2. The highest BCUT2D eigenvalue weighted by atomic mass is 19.1. The molecule has 1 unspecified atom stereocenters. The molecule has 0 aromatic rings. The molecule has 1 rings (SSSR count). The molecule has 1 atom stereocenters. The predicted octanol–water partition coefficient (Wildman–Crippen LogP) is 0.874. The van der Waals surface area contributed by atoms with E-state index >= 15 is 0 Å². The van der Waals surface area contributed by atoms with Crippen LogP contribution in [0.15, 0.2) is 0 Å². The van der Waals surface area contributed by atoms with E-state index in [2.05, 4.69) is 4.74 Å². The van der Waals surface area contributed by atoms with Gasteiger partial charge in [0.1, 0.15) is 12.1 Å². The van der Waals surface area contributed by atoms with Crippen molar-refractivity contribution in [3.63, 3.8) is 0 Å². The maximum Gasteiger partial charge on any atom is 0.316 e. The van der Waals surface area contributed by atoms with Crippen LogP contribution in [-0.4, -0.2) is 26.3 Å². The summed E-state index contributed by atoms with van der Waals surface area (Å²) in [7, 11) is 1.28. The Morgan fingerprint density at radius 3 is 2.54 bits per heavy atom. The maximum atomic E-state index is 12.8. The summed E-state index contributed by atoms with van der Waals surface area (Å²) in [5.41, 5.74) is 4.40. The molecule has 0 amide bonds. The van der Waals surface area contributed by atoms with Crippen molar-refractivity contribution >= 4 is 5.97 Å². The van der Waals surface area contributed by atoms with E-state index in [-0.39, 0.29) is 12.5 Å². The summed E-state index contributed by atoms with van der Waals surface area (Å²) in [5.74, 6) is -0.419. The number of rotatable bonds is 4. The summed E-state index contributed by atoms with van der Waals surface area (Å²) in [6, 6.07) is 0. The third-order valence-corrected chi connectivity index (χ3v) is 3.08. The summed E-state index contributed by atoms with van der Waals surface area (Å²) in [4.78, 5) is 11.4. The molecule has 1 saturated carbocycles. The van der Waals surface area contributed by atoms with E-state index in [4.69, 9.17) is 5.73 Å². The first-order valence-electron chi connectivity index (χ1n) is 4.55. The highest BCUT2D eigenvalue weighted by molar-refractivity contribution is 5.77. The van der Waals surface area contributed by atoms with Crippen LogP contribution in [0.3, 0.4) is 0 Å². The quantitative estimate of drug-likeness (QED) is 0.668. The van der Waals surface area contributed by atoms with Crippen LogP contribution in [0.4, 0.5) is 4.39 Å². The van der Waals surface area contributed by atoms with Gasteiger partial charge in [0.15, 0.2) is 0 Å². The molecule has 0 aromatic heterocycles. The second-order valence-electron chi connectivity index (χ2n) is 3.61. The zero-order valence-corrected chi connectivity index (χ0v) is 7.88. The van der Waals surface area contributed by atoms with Gasteiger partial charge in [0, 0.05) is 6.54 Å². The largest absolute Gasteiger partial charge is 0.468 e.